The number of hydrogen-bond donors (Lipinski definition) is 1. The molecule has 7 heteroatoms. The first-order chi connectivity index (χ1) is 16.0. The molecule has 0 aromatic heterocycles. The van der Waals surface area contributed by atoms with Crippen LogP contribution < -0.4 is 10.1 Å². The number of amides is 1. The third-order valence-corrected chi connectivity index (χ3v) is 7.90. The lowest BCUT2D eigenvalue weighted by Crippen LogP contribution is -2.30. The van der Waals surface area contributed by atoms with E-state index in [1.807, 2.05) is 60.7 Å². The van der Waals surface area contributed by atoms with Gasteiger partial charge in [-0.1, -0.05) is 60.7 Å². The minimum atomic E-state index is -3.73. The van der Waals surface area contributed by atoms with Crippen molar-refractivity contribution in [2.45, 2.75) is 23.7 Å². The molecule has 1 aliphatic heterocycles. The van der Waals surface area contributed by atoms with Crippen molar-refractivity contribution in [2.24, 2.45) is 0 Å². The van der Waals surface area contributed by atoms with Gasteiger partial charge in [-0.3, -0.25) is 4.79 Å². The third-order valence-electron chi connectivity index (χ3n) is 5.98. The molecule has 6 nitrogen and oxygen atoms in total. The number of carbonyl (C=O) groups is 1. The lowest BCUT2D eigenvalue weighted by molar-refractivity contribution is 0.0952. The highest BCUT2D eigenvalue weighted by molar-refractivity contribution is 7.89. The molecule has 1 amide bonds. The van der Waals surface area contributed by atoms with Crippen LogP contribution in [0.5, 0.6) is 5.75 Å². The number of methoxy groups -OCH3 is 1. The summed E-state index contributed by atoms with van der Waals surface area (Å²) in [4.78, 5) is 13.1. The Morgan fingerprint density at radius 1 is 0.939 bits per heavy atom. The van der Waals surface area contributed by atoms with E-state index in [1.54, 1.807) is 12.1 Å². The van der Waals surface area contributed by atoms with Crippen molar-refractivity contribution in [1.82, 2.24) is 9.62 Å². The largest absolute Gasteiger partial charge is 0.495 e. The van der Waals surface area contributed by atoms with Crippen LogP contribution in [0.25, 0.3) is 0 Å². The molecular weight excluding hydrogens is 436 g/mol. The van der Waals surface area contributed by atoms with Crippen molar-refractivity contribution in [3.8, 4) is 5.75 Å². The Balaban J connectivity index is 1.58. The molecular formula is C26H28N2O4S. The highest BCUT2D eigenvalue weighted by Crippen LogP contribution is 2.30. The summed E-state index contributed by atoms with van der Waals surface area (Å²) in [5.74, 6) is -0.111. The van der Waals surface area contributed by atoms with E-state index in [0.717, 1.165) is 24.0 Å². The van der Waals surface area contributed by atoms with E-state index in [0.29, 0.717) is 19.6 Å². The Hall–Kier alpha value is -3.16. The van der Waals surface area contributed by atoms with Crippen LogP contribution in [0.1, 0.15) is 40.2 Å². The quantitative estimate of drug-likeness (QED) is 0.546. The number of rotatable bonds is 8. The molecule has 33 heavy (non-hydrogen) atoms. The summed E-state index contributed by atoms with van der Waals surface area (Å²) < 4.78 is 33.0. The van der Waals surface area contributed by atoms with Gasteiger partial charge in [-0.2, -0.15) is 4.31 Å². The number of hydrogen-bond acceptors (Lipinski definition) is 4. The van der Waals surface area contributed by atoms with E-state index in [-0.39, 0.29) is 28.0 Å². The molecule has 1 saturated heterocycles. The fourth-order valence-electron chi connectivity index (χ4n) is 4.18. The molecule has 0 spiro atoms. The molecule has 1 fully saturated rings. The van der Waals surface area contributed by atoms with Gasteiger partial charge in [-0.05, 0) is 42.2 Å². The topological polar surface area (TPSA) is 75.7 Å². The fourth-order valence-corrected chi connectivity index (χ4v) is 5.88. The highest BCUT2D eigenvalue weighted by atomic mass is 32.2. The molecule has 1 heterocycles. The van der Waals surface area contributed by atoms with Crippen LogP contribution >= 0.6 is 0 Å². The van der Waals surface area contributed by atoms with Gasteiger partial charge in [0.05, 0.1) is 7.11 Å². The average molecular weight is 465 g/mol. The molecule has 3 aromatic carbocycles. The number of benzene rings is 3. The molecule has 0 aliphatic carbocycles. The minimum absolute atomic E-state index is 0.0256. The van der Waals surface area contributed by atoms with Gasteiger partial charge in [0.1, 0.15) is 10.6 Å². The van der Waals surface area contributed by atoms with Gasteiger partial charge < -0.3 is 10.1 Å². The van der Waals surface area contributed by atoms with Crippen LogP contribution in [0.15, 0.2) is 83.8 Å². The maximum atomic E-state index is 13.1. The zero-order valence-corrected chi connectivity index (χ0v) is 19.4. The normalized spacial score (nSPS) is 14.4. The van der Waals surface area contributed by atoms with Gasteiger partial charge >= 0.3 is 0 Å². The van der Waals surface area contributed by atoms with Crippen molar-refractivity contribution in [1.29, 1.82) is 0 Å². The Morgan fingerprint density at radius 3 is 2.06 bits per heavy atom. The molecule has 0 bridgehead atoms. The third kappa shape index (κ3) is 5.10. The maximum Gasteiger partial charge on any atom is 0.251 e. The summed E-state index contributed by atoms with van der Waals surface area (Å²) in [6.07, 6.45) is 1.67. The second-order valence-electron chi connectivity index (χ2n) is 8.06. The Labute approximate surface area is 195 Å². The number of sulfonamides is 1. The Morgan fingerprint density at radius 2 is 1.52 bits per heavy atom. The first-order valence-corrected chi connectivity index (χ1v) is 12.5. The second-order valence-corrected chi connectivity index (χ2v) is 9.97. The molecule has 0 atom stereocenters. The van der Waals surface area contributed by atoms with Crippen LogP contribution in [0, 0.1) is 0 Å². The van der Waals surface area contributed by atoms with E-state index in [4.69, 9.17) is 4.74 Å². The zero-order valence-electron chi connectivity index (χ0n) is 18.6. The molecule has 3 aromatic rings. The summed E-state index contributed by atoms with van der Waals surface area (Å²) in [6, 6.07) is 24.6. The van der Waals surface area contributed by atoms with Crippen molar-refractivity contribution in [2.75, 3.05) is 26.7 Å². The summed E-state index contributed by atoms with van der Waals surface area (Å²) in [6.45, 7) is 1.35. The summed E-state index contributed by atoms with van der Waals surface area (Å²) in [5, 5.41) is 2.99. The predicted molar refractivity (Wildman–Crippen MR) is 128 cm³/mol. The van der Waals surface area contributed by atoms with Crippen molar-refractivity contribution in [3.05, 3.63) is 95.6 Å². The first-order valence-electron chi connectivity index (χ1n) is 11.1. The van der Waals surface area contributed by atoms with Gasteiger partial charge in [0.15, 0.2) is 0 Å². The maximum absolute atomic E-state index is 13.1. The Bertz CT molecular complexity index is 1150. The van der Waals surface area contributed by atoms with E-state index in [1.165, 1.54) is 17.5 Å². The van der Waals surface area contributed by atoms with Gasteiger partial charge in [-0.15, -0.1) is 0 Å². The molecule has 172 valence electrons. The highest BCUT2D eigenvalue weighted by Gasteiger charge is 2.30. The minimum Gasteiger partial charge on any atom is -0.495 e. The molecule has 0 radical (unpaired) electrons. The molecule has 4 rings (SSSR count). The average Bonchev–Trinajstić information content (AvgIpc) is 3.41. The number of nitrogens with one attached hydrogen (secondary N) is 1. The van der Waals surface area contributed by atoms with Crippen LogP contribution in [0.4, 0.5) is 0 Å². The molecule has 1 N–H and O–H groups in total. The lowest BCUT2D eigenvalue weighted by atomic mass is 9.91. The monoisotopic (exact) mass is 464 g/mol. The molecule has 0 unspecified atom stereocenters. The smallest absolute Gasteiger partial charge is 0.251 e. The molecule has 1 aliphatic rings. The van der Waals surface area contributed by atoms with E-state index in [9.17, 15) is 13.2 Å². The zero-order chi connectivity index (χ0) is 23.3. The molecule has 0 saturated carbocycles. The summed E-state index contributed by atoms with van der Waals surface area (Å²) in [5.41, 5.74) is 2.47. The summed E-state index contributed by atoms with van der Waals surface area (Å²) in [7, 11) is -2.29. The number of carbonyl (C=O) groups excluding carboxylic acids is 1. The number of nitrogens with zero attached hydrogens (tertiary/aromatic N) is 1. The fraction of sp³-hybridized carbons (Fsp3) is 0.269. The van der Waals surface area contributed by atoms with Crippen molar-refractivity contribution < 1.29 is 17.9 Å². The van der Waals surface area contributed by atoms with Crippen molar-refractivity contribution >= 4 is 15.9 Å². The van der Waals surface area contributed by atoms with Gasteiger partial charge in [0.25, 0.3) is 5.91 Å². The first kappa shape index (κ1) is 23.0. The van der Waals surface area contributed by atoms with Crippen LogP contribution in [0.3, 0.4) is 0 Å². The van der Waals surface area contributed by atoms with Gasteiger partial charge in [0.2, 0.25) is 10.0 Å². The lowest BCUT2D eigenvalue weighted by Gasteiger charge is -2.20. The SMILES string of the molecule is COc1ccc(C(=O)NCC(c2ccccc2)c2ccccc2)cc1S(=O)(=O)N1CCCC1. The van der Waals surface area contributed by atoms with Crippen LogP contribution in [-0.4, -0.2) is 45.4 Å². The standard InChI is InChI=1S/C26H28N2O4S/c1-32-24-15-14-22(18-25(24)33(30,31)28-16-8-9-17-28)26(29)27-19-23(20-10-4-2-5-11-20)21-12-6-3-7-13-21/h2-7,10-15,18,23H,8-9,16-17,19H2,1H3,(H,27,29). The van der Waals surface area contributed by atoms with Crippen molar-refractivity contribution in [3.63, 3.8) is 0 Å². The van der Waals surface area contributed by atoms with Gasteiger partial charge in [-0.25, -0.2) is 8.42 Å². The van der Waals surface area contributed by atoms with E-state index < -0.39 is 10.0 Å². The van der Waals surface area contributed by atoms with E-state index >= 15 is 0 Å². The van der Waals surface area contributed by atoms with Crippen LogP contribution in [-0.2, 0) is 10.0 Å². The van der Waals surface area contributed by atoms with Crippen LogP contribution in [0.2, 0.25) is 0 Å². The Kier molecular flexibility index (Phi) is 7.11. The van der Waals surface area contributed by atoms with E-state index in [2.05, 4.69) is 5.32 Å². The second kappa shape index (κ2) is 10.2. The number of ether oxygens (including phenoxy) is 1. The van der Waals surface area contributed by atoms with Gasteiger partial charge in [0, 0.05) is 31.1 Å². The summed E-state index contributed by atoms with van der Waals surface area (Å²) >= 11 is 0. The predicted octanol–water partition coefficient (Wildman–Crippen LogP) is 4.04.